The van der Waals surface area contributed by atoms with Gasteiger partial charge >= 0.3 is 0 Å². The summed E-state index contributed by atoms with van der Waals surface area (Å²) in [7, 11) is 2.14. The summed E-state index contributed by atoms with van der Waals surface area (Å²) in [6.07, 6.45) is 1.37. The number of rotatable bonds is 7. The summed E-state index contributed by atoms with van der Waals surface area (Å²) in [5.74, 6) is 0.264. The van der Waals surface area contributed by atoms with E-state index in [0.717, 1.165) is 32.7 Å². The fourth-order valence-corrected chi connectivity index (χ4v) is 3.56. The molecule has 2 aromatic rings. The summed E-state index contributed by atoms with van der Waals surface area (Å²) in [4.78, 5) is 25.7. The second-order valence-electron chi connectivity index (χ2n) is 8.20. The number of carbonyl (C=O) groups excluding carboxylic acids is 1. The average molecular weight is 442 g/mol. The molecule has 1 aliphatic rings. The van der Waals surface area contributed by atoms with Crippen molar-refractivity contribution in [2.24, 2.45) is 5.92 Å². The average Bonchev–Trinajstić information content (AvgIpc) is 2.75. The first-order valence-electron chi connectivity index (χ1n) is 10.4. The molecule has 0 spiro atoms. The summed E-state index contributed by atoms with van der Waals surface area (Å²) in [5.41, 5.74) is 4.59. The van der Waals surface area contributed by atoms with Gasteiger partial charge < -0.3 is 4.90 Å². The Bertz CT molecular complexity index is 934. The molecule has 164 valence electrons. The molecule has 1 saturated heterocycles. The van der Waals surface area contributed by atoms with Crippen LogP contribution in [0.1, 0.15) is 35.6 Å². The van der Waals surface area contributed by atoms with Gasteiger partial charge in [-0.05, 0) is 30.7 Å². The number of nitrogens with zero attached hydrogens (tertiary/aromatic N) is 6. The maximum Gasteiger partial charge on any atom is 0.269 e. The van der Waals surface area contributed by atoms with E-state index in [1.807, 2.05) is 44.2 Å². The van der Waals surface area contributed by atoms with Gasteiger partial charge in [0.15, 0.2) is 5.82 Å². The number of hydrazine groups is 1. The maximum absolute atomic E-state index is 12.9. The largest absolute Gasteiger partial charge is 0.304 e. The second kappa shape index (κ2) is 10.5. The summed E-state index contributed by atoms with van der Waals surface area (Å²) < 4.78 is 0. The van der Waals surface area contributed by atoms with Gasteiger partial charge in [-0.25, -0.2) is 4.98 Å². The lowest BCUT2D eigenvalue weighted by Gasteiger charge is -2.32. The van der Waals surface area contributed by atoms with E-state index in [1.165, 1.54) is 11.8 Å². The van der Waals surface area contributed by atoms with Crippen LogP contribution >= 0.6 is 11.6 Å². The number of halogens is 1. The van der Waals surface area contributed by atoms with Crippen molar-refractivity contribution in [3.63, 3.8) is 0 Å². The van der Waals surface area contributed by atoms with Gasteiger partial charge in [-0.2, -0.15) is 10.2 Å². The van der Waals surface area contributed by atoms with Gasteiger partial charge in [-0.1, -0.05) is 37.6 Å². The minimum Gasteiger partial charge on any atom is -0.304 e. The van der Waals surface area contributed by atoms with Gasteiger partial charge in [0, 0.05) is 44.8 Å². The SMILES string of the molecule is CC(C)CN(NC(=O)c1ccc(CN2CCN(C)CC2)cc1)c1nc(C#N)ncc1Cl. The van der Waals surface area contributed by atoms with Crippen molar-refractivity contribution in [3.8, 4) is 6.07 Å². The second-order valence-corrected chi connectivity index (χ2v) is 8.61. The van der Waals surface area contributed by atoms with Crippen LogP contribution in [0.4, 0.5) is 5.82 Å². The Kier molecular flexibility index (Phi) is 7.80. The predicted octanol–water partition coefficient (Wildman–Crippen LogP) is 2.56. The van der Waals surface area contributed by atoms with Crippen LogP contribution in [0, 0.1) is 17.2 Å². The quantitative estimate of drug-likeness (QED) is 0.660. The van der Waals surface area contributed by atoms with Crippen molar-refractivity contribution in [1.82, 2.24) is 25.2 Å². The molecule has 3 rings (SSSR count). The van der Waals surface area contributed by atoms with Crippen LogP contribution in [0.15, 0.2) is 30.5 Å². The first kappa shape index (κ1) is 22.9. The van der Waals surface area contributed by atoms with Crippen molar-refractivity contribution < 1.29 is 4.79 Å². The van der Waals surface area contributed by atoms with Crippen LogP contribution < -0.4 is 10.4 Å². The number of aromatic nitrogens is 2. The molecule has 1 N–H and O–H groups in total. The third-order valence-electron chi connectivity index (χ3n) is 5.08. The van der Waals surface area contributed by atoms with Gasteiger partial charge in [-0.15, -0.1) is 0 Å². The van der Waals surface area contributed by atoms with Crippen LogP contribution in [0.2, 0.25) is 5.02 Å². The van der Waals surface area contributed by atoms with E-state index in [4.69, 9.17) is 16.9 Å². The van der Waals surface area contributed by atoms with E-state index in [-0.39, 0.29) is 22.7 Å². The Hall–Kier alpha value is -2.73. The fraction of sp³-hybridized carbons (Fsp3) is 0.455. The van der Waals surface area contributed by atoms with Crippen molar-refractivity contribution in [1.29, 1.82) is 5.26 Å². The molecular formula is C22H28ClN7O. The lowest BCUT2D eigenvalue weighted by atomic mass is 10.1. The molecule has 0 unspecified atom stereocenters. The lowest BCUT2D eigenvalue weighted by molar-refractivity contribution is 0.0947. The molecule has 31 heavy (non-hydrogen) atoms. The number of benzene rings is 1. The topological polar surface area (TPSA) is 88.4 Å². The molecule has 0 bridgehead atoms. The standard InChI is InChI=1S/C22H28ClN7O/c1-16(2)14-30(21-19(23)13-25-20(12-24)26-21)27-22(31)18-6-4-17(5-7-18)15-29-10-8-28(3)9-11-29/h4-7,13,16H,8-11,14-15H2,1-3H3,(H,27,31). The van der Waals surface area contributed by atoms with Crippen LogP contribution in [-0.2, 0) is 6.54 Å². The zero-order chi connectivity index (χ0) is 22.4. The van der Waals surface area contributed by atoms with Crippen LogP contribution in [-0.4, -0.2) is 65.4 Å². The number of amides is 1. The van der Waals surface area contributed by atoms with E-state index in [2.05, 4.69) is 32.2 Å². The normalized spacial score (nSPS) is 15.0. The van der Waals surface area contributed by atoms with Crippen molar-refractivity contribution >= 4 is 23.3 Å². The molecule has 1 aliphatic heterocycles. The zero-order valence-corrected chi connectivity index (χ0v) is 18.9. The van der Waals surface area contributed by atoms with Crippen molar-refractivity contribution in [2.45, 2.75) is 20.4 Å². The summed E-state index contributed by atoms with van der Waals surface area (Å²) in [6, 6.07) is 9.55. The molecular weight excluding hydrogens is 414 g/mol. The van der Waals surface area contributed by atoms with Crippen LogP contribution in [0.5, 0.6) is 0 Å². The van der Waals surface area contributed by atoms with Gasteiger partial charge in [-0.3, -0.25) is 20.1 Å². The zero-order valence-electron chi connectivity index (χ0n) is 18.2. The van der Waals surface area contributed by atoms with E-state index >= 15 is 0 Å². The van der Waals surface area contributed by atoms with Gasteiger partial charge in [0.2, 0.25) is 5.82 Å². The van der Waals surface area contributed by atoms with Crippen molar-refractivity contribution in [2.75, 3.05) is 44.8 Å². The lowest BCUT2D eigenvalue weighted by Crippen LogP contribution is -2.45. The molecule has 0 radical (unpaired) electrons. The molecule has 9 heteroatoms. The molecule has 2 heterocycles. The minimum atomic E-state index is -0.264. The molecule has 1 aromatic heterocycles. The van der Waals surface area contributed by atoms with Crippen LogP contribution in [0.3, 0.4) is 0 Å². The van der Waals surface area contributed by atoms with E-state index in [0.29, 0.717) is 17.9 Å². The van der Waals surface area contributed by atoms with E-state index < -0.39 is 0 Å². The highest BCUT2D eigenvalue weighted by atomic mass is 35.5. The first-order chi connectivity index (χ1) is 14.9. The molecule has 8 nitrogen and oxygen atoms in total. The Labute approximate surface area is 188 Å². The van der Waals surface area contributed by atoms with E-state index in [9.17, 15) is 4.79 Å². The summed E-state index contributed by atoms with van der Waals surface area (Å²) in [5, 5.41) is 10.9. The molecule has 0 atom stereocenters. The van der Waals surface area contributed by atoms with Crippen LogP contribution in [0.25, 0.3) is 0 Å². The number of anilines is 1. The van der Waals surface area contributed by atoms with Gasteiger partial charge in [0.05, 0.1) is 6.20 Å². The van der Waals surface area contributed by atoms with Gasteiger partial charge in [0.25, 0.3) is 5.91 Å². The summed E-state index contributed by atoms with van der Waals surface area (Å²) >= 11 is 6.25. The maximum atomic E-state index is 12.9. The Balaban J connectivity index is 1.69. The number of hydrogen-bond acceptors (Lipinski definition) is 7. The third-order valence-corrected chi connectivity index (χ3v) is 5.35. The third kappa shape index (κ3) is 6.37. The molecule has 0 saturated carbocycles. The number of hydrogen-bond donors (Lipinski definition) is 1. The fourth-order valence-electron chi connectivity index (χ4n) is 3.36. The number of carbonyl (C=O) groups is 1. The highest BCUT2D eigenvalue weighted by Gasteiger charge is 2.19. The number of likely N-dealkylation sites (N-methyl/N-ethyl adjacent to an activating group) is 1. The smallest absolute Gasteiger partial charge is 0.269 e. The highest BCUT2D eigenvalue weighted by Crippen LogP contribution is 2.22. The number of nitriles is 1. The summed E-state index contributed by atoms with van der Waals surface area (Å²) in [6.45, 7) is 9.65. The predicted molar refractivity (Wildman–Crippen MR) is 121 cm³/mol. The highest BCUT2D eigenvalue weighted by molar-refractivity contribution is 6.32. The Morgan fingerprint density at radius 2 is 1.94 bits per heavy atom. The molecule has 0 aliphatic carbocycles. The van der Waals surface area contributed by atoms with Gasteiger partial charge in [0.1, 0.15) is 11.1 Å². The minimum absolute atomic E-state index is 0.00401. The Morgan fingerprint density at radius 3 is 2.55 bits per heavy atom. The molecule has 1 fully saturated rings. The van der Waals surface area contributed by atoms with Crippen molar-refractivity contribution in [3.05, 3.63) is 52.4 Å². The van der Waals surface area contributed by atoms with E-state index in [1.54, 1.807) is 5.01 Å². The first-order valence-corrected chi connectivity index (χ1v) is 10.7. The molecule has 1 aromatic carbocycles. The molecule has 1 amide bonds. The number of nitrogens with one attached hydrogen (secondary N) is 1. The Morgan fingerprint density at radius 1 is 1.26 bits per heavy atom. The number of piperazine rings is 1. The monoisotopic (exact) mass is 441 g/mol.